The highest BCUT2D eigenvalue weighted by molar-refractivity contribution is 5.98. The highest BCUT2D eigenvalue weighted by atomic mass is 16.2. The molecule has 2 saturated heterocycles. The van der Waals surface area contributed by atoms with Crippen molar-refractivity contribution in [2.45, 2.75) is 38.1 Å². The Morgan fingerprint density at radius 2 is 2.10 bits per heavy atom. The van der Waals surface area contributed by atoms with Gasteiger partial charge in [0, 0.05) is 31.7 Å². The maximum atomic E-state index is 12.8. The maximum absolute atomic E-state index is 12.8. The van der Waals surface area contributed by atoms with Gasteiger partial charge in [-0.3, -0.25) is 4.79 Å². The number of rotatable bonds is 7. The minimum atomic E-state index is -0.100. The van der Waals surface area contributed by atoms with Crippen molar-refractivity contribution in [3.8, 4) is 6.07 Å². The largest absolute Gasteiger partial charge is 0.383 e. The van der Waals surface area contributed by atoms with Gasteiger partial charge in [-0.05, 0) is 32.2 Å². The number of anilines is 3. The summed E-state index contributed by atoms with van der Waals surface area (Å²) in [7, 11) is 0. The van der Waals surface area contributed by atoms with Crippen LogP contribution in [0.15, 0.2) is 18.5 Å². The number of aromatic nitrogens is 4. The molecule has 3 N–H and O–H groups in total. The van der Waals surface area contributed by atoms with Crippen LogP contribution in [-0.2, 0) is 0 Å². The van der Waals surface area contributed by atoms with Gasteiger partial charge in [-0.15, -0.1) is 10.2 Å². The third-order valence-electron chi connectivity index (χ3n) is 5.38. The van der Waals surface area contributed by atoms with E-state index < -0.39 is 0 Å². The molecular formula is C20H25N9O. The van der Waals surface area contributed by atoms with Crippen LogP contribution in [-0.4, -0.2) is 63.2 Å². The van der Waals surface area contributed by atoms with E-state index in [0.29, 0.717) is 29.1 Å². The van der Waals surface area contributed by atoms with Crippen LogP contribution in [0.1, 0.15) is 48.3 Å². The molecule has 0 radical (unpaired) electrons. The van der Waals surface area contributed by atoms with Crippen molar-refractivity contribution >= 4 is 23.2 Å². The van der Waals surface area contributed by atoms with Gasteiger partial charge in [0.05, 0.1) is 18.1 Å². The van der Waals surface area contributed by atoms with Crippen LogP contribution in [0.5, 0.6) is 0 Å². The van der Waals surface area contributed by atoms with Crippen LogP contribution >= 0.6 is 0 Å². The first kappa shape index (κ1) is 20.0. The van der Waals surface area contributed by atoms with Gasteiger partial charge in [-0.25, -0.2) is 9.97 Å². The molecule has 2 aromatic heterocycles. The number of carbonyl (C=O) groups is 1. The second-order valence-electron chi connectivity index (χ2n) is 7.52. The predicted molar refractivity (Wildman–Crippen MR) is 111 cm³/mol. The first-order valence-corrected chi connectivity index (χ1v) is 10.4. The van der Waals surface area contributed by atoms with Crippen molar-refractivity contribution in [1.29, 1.82) is 5.26 Å². The zero-order valence-electron chi connectivity index (χ0n) is 16.8. The van der Waals surface area contributed by atoms with Gasteiger partial charge in [-0.1, -0.05) is 6.42 Å². The molecule has 2 aliphatic rings. The number of hydrogen-bond acceptors (Lipinski definition) is 9. The number of hydrogen-bond donors (Lipinski definition) is 3. The Bertz CT molecular complexity index is 915. The Hall–Kier alpha value is -3.32. The van der Waals surface area contributed by atoms with Crippen LogP contribution in [0.3, 0.4) is 0 Å². The number of carbonyl (C=O) groups excluding carboxylic acids is 1. The Labute approximate surface area is 175 Å². The SMILES string of the molecule is N#Cc1cnc(Nc2cc(NCCC3CCCCN3)c(C(=O)N3CCC3)nn2)cn1. The number of amides is 1. The van der Waals surface area contributed by atoms with Crippen LogP contribution in [0.2, 0.25) is 0 Å². The minimum Gasteiger partial charge on any atom is -0.383 e. The number of likely N-dealkylation sites (tertiary alicyclic amines) is 1. The van der Waals surface area contributed by atoms with Crippen LogP contribution in [0, 0.1) is 11.3 Å². The maximum Gasteiger partial charge on any atom is 0.276 e. The van der Waals surface area contributed by atoms with Gasteiger partial charge in [0.25, 0.3) is 5.91 Å². The van der Waals surface area contributed by atoms with Crippen molar-refractivity contribution in [2.24, 2.45) is 0 Å². The highest BCUT2D eigenvalue weighted by Crippen LogP contribution is 2.22. The molecule has 10 nitrogen and oxygen atoms in total. The second-order valence-corrected chi connectivity index (χ2v) is 7.52. The van der Waals surface area contributed by atoms with Gasteiger partial charge < -0.3 is 20.9 Å². The summed E-state index contributed by atoms with van der Waals surface area (Å²) in [5.74, 6) is 0.798. The van der Waals surface area contributed by atoms with Crippen molar-refractivity contribution in [1.82, 2.24) is 30.4 Å². The fourth-order valence-electron chi connectivity index (χ4n) is 3.55. The zero-order valence-corrected chi connectivity index (χ0v) is 16.8. The summed E-state index contributed by atoms with van der Waals surface area (Å²) in [5, 5.41) is 27.1. The lowest BCUT2D eigenvalue weighted by molar-refractivity contribution is 0.0645. The van der Waals surface area contributed by atoms with Gasteiger partial charge in [0.15, 0.2) is 17.2 Å². The summed E-state index contributed by atoms with van der Waals surface area (Å²) >= 11 is 0. The number of nitrogens with zero attached hydrogens (tertiary/aromatic N) is 6. The smallest absolute Gasteiger partial charge is 0.276 e. The van der Waals surface area contributed by atoms with E-state index in [0.717, 1.165) is 39.0 Å². The van der Waals surface area contributed by atoms with E-state index in [2.05, 4.69) is 36.1 Å². The molecule has 1 atom stereocenters. The fourth-order valence-corrected chi connectivity index (χ4v) is 3.55. The Kier molecular flexibility index (Phi) is 6.29. The minimum absolute atomic E-state index is 0.100. The molecule has 0 bridgehead atoms. The normalized spacial score (nSPS) is 18.2. The van der Waals surface area contributed by atoms with E-state index in [1.807, 2.05) is 6.07 Å². The molecule has 30 heavy (non-hydrogen) atoms. The molecular weight excluding hydrogens is 382 g/mol. The second kappa shape index (κ2) is 9.45. The quantitative estimate of drug-likeness (QED) is 0.627. The van der Waals surface area contributed by atoms with E-state index in [1.54, 1.807) is 11.0 Å². The fraction of sp³-hybridized carbons (Fsp3) is 0.500. The van der Waals surface area contributed by atoms with Crippen molar-refractivity contribution in [3.63, 3.8) is 0 Å². The van der Waals surface area contributed by atoms with Crippen molar-refractivity contribution in [2.75, 3.05) is 36.8 Å². The molecule has 0 saturated carbocycles. The monoisotopic (exact) mass is 407 g/mol. The average molecular weight is 407 g/mol. The summed E-state index contributed by atoms with van der Waals surface area (Å²) in [5.41, 5.74) is 1.23. The first-order valence-electron chi connectivity index (χ1n) is 10.4. The third-order valence-corrected chi connectivity index (χ3v) is 5.38. The zero-order chi connectivity index (χ0) is 20.8. The Balaban J connectivity index is 1.47. The van der Waals surface area contributed by atoms with E-state index in [1.165, 1.54) is 31.7 Å². The molecule has 1 amide bonds. The van der Waals surface area contributed by atoms with E-state index in [9.17, 15) is 4.79 Å². The molecule has 10 heteroatoms. The first-order chi connectivity index (χ1) is 14.7. The highest BCUT2D eigenvalue weighted by Gasteiger charge is 2.26. The molecule has 1 unspecified atom stereocenters. The standard InChI is InChI=1S/C20H25N9O/c21-11-15-12-25-18(13-24-15)26-17-10-16(23-7-5-14-4-1-2-6-22-14)19(28-27-17)20(30)29-8-3-9-29/h10,12-14,22H,1-9H2,(H2,23,25,26,27). The lowest BCUT2D eigenvalue weighted by atomic mass is 10.0. The molecule has 0 aromatic carbocycles. The molecule has 2 fully saturated rings. The van der Waals surface area contributed by atoms with E-state index >= 15 is 0 Å². The van der Waals surface area contributed by atoms with Gasteiger partial charge in [-0.2, -0.15) is 5.26 Å². The van der Waals surface area contributed by atoms with Gasteiger partial charge in [0.2, 0.25) is 0 Å². The lowest BCUT2D eigenvalue weighted by Crippen LogP contribution is -2.42. The summed E-state index contributed by atoms with van der Waals surface area (Å²) in [6, 6.07) is 4.21. The summed E-state index contributed by atoms with van der Waals surface area (Å²) in [4.78, 5) is 22.7. The van der Waals surface area contributed by atoms with Crippen LogP contribution in [0.25, 0.3) is 0 Å². The molecule has 2 aliphatic heterocycles. The summed E-state index contributed by atoms with van der Waals surface area (Å²) in [6.45, 7) is 3.32. The predicted octanol–water partition coefficient (Wildman–Crippen LogP) is 1.67. The molecule has 0 aliphatic carbocycles. The third kappa shape index (κ3) is 4.80. The molecule has 2 aromatic rings. The summed E-state index contributed by atoms with van der Waals surface area (Å²) < 4.78 is 0. The van der Waals surface area contributed by atoms with Crippen LogP contribution < -0.4 is 16.0 Å². The molecule has 4 rings (SSSR count). The van der Waals surface area contributed by atoms with E-state index in [4.69, 9.17) is 5.26 Å². The number of nitrogens with one attached hydrogen (secondary N) is 3. The van der Waals surface area contributed by atoms with Crippen LogP contribution in [0.4, 0.5) is 17.3 Å². The van der Waals surface area contributed by atoms with Gasteiger partial charge >= 0.3 is 0 Å². The Morgan fingerprint density at radius 1 is 1.20 bits per heavy atom. The van der Waals surface area contributed by atoms with Gasteiger partial charge in [0.1, 0.15) is 11.9 Å². The van der Waals surface area contributed by atoms with Crippen molar-refractivity contribution in [3.05, 3.63) is 29.8 Å². The lowest BCUT2D eigenvalue weighted by Gasteiger charge is -2.31. The number of piperidine rings is 1. The Morgan fingerprint density at radius 3 is 2.77 bits per heavy atom. The molecule has 4 heterocycles. The van der Waals surface area contributed by atoms with E-state index in [-0.39, 0.29) is 11.6 Å². The average Bonchev–Trinajstić information content (AvgIpc) is 2.74. The number of nitriles is 1. The molecule has 0 spiro atoms. The topological polar surface area (TPSA) is 132 Å². The molecule has 156 valence electrons. The van der Waals surface area contributed by atoms with Crippen molar-refractivity contribution < 1.29 is 4.79 Å². The summed E-state index contributed by atoms with van der Waals surface area (Å²) in [6.07, 6.45) is 8.51.